The van der Waals surface area contributed by atoms with E-state index in [9.17, 15) is 4.79 Å². The average molecular weight is 449 g/mol. The van der Waals surface area contributed by atoms with E-state index in [0.717, 1.165) is 65.6 Å². The van der Waals surface area contributed by atoms with Gasteiger partial charge in [0.15, 0.2) is 0 Å². The Bertz CT molecular complexity index is 1290. The summed E-state index contributed by atoms with van der Waals surface area (Å²) in [5.41, 5.74) is 6.67. The lowest BCUT2D eigenvalue weighted by Gasteiger charge is -2.11. The highest BCUT2D eigenvalue weighted by Crippen LogP contribution is 2.26. The van der Waals surface area contributed by atoms with E-state index in [-0.39, 0.29) is 5.91 Å². The summed E-state index contributed by atoms with van der Waals surface area (Å²) in [6.07, 6.45) is 1.05. The molecule has 0 atom stereocenters. The van der Waals surface area contributed by atoms with Gasteiger partial charge in [0.25, 0.3) is 5.91 Å². The maximum absolute atomic E-state index is 12.9. The van der Waals surface area contributed by atoms with Crippen molar-refractivity contribution in [1.29, 1.82) is 0 Å². The molecule has 0 radical (unpaired) electrons. The summed E-state index contributed by atoms with van der Waals surface area (Å²) in [6.45, 7) is 10.8. The summed E-state index contributed by atoms with van der Waals surface area (Å²) in [7, 11) is 4.16. The van der Waals surface area contributed by atoms with Gasteiger partial charge in [-0.1, -0.05) is 0 Å². The summed E-state index contributed by atoms with van der Waals surface area (Å²) in [5.74, 6) is 0.734. The fourth-order valence-corrected chi connectivity index (χ4v) is 4.30. The number of fused-ring (bicyclic) bond motifs is 1. The molecule has 9 nitrogen and oxygen atoms in total. The number of aromatic nitrogens is 6. The number of carbonyl (C=O) groups excluding carboxylic acids is 1. The summed E-state index contributed by atoms with van der Waals surface area (Å²) in [6, 6.07) is 7.62. The predicted octanol–water partition coefficient (Wildman–Crippen LogP) is 3.77. The molecule has 2 N–H and O–H groups in total. The van der Waals surface area contributed by atoms with Crippen LogP contribution in [0.5, 0.6) is 0 Å². The minimum Gasteiger partial charge on any atom is -0.328 e. The van der Waals surface area contributed by atoms with E-state index >= 15 is 0 Å². The molecule has 3 aromatic heterocycles. The molecule has 1 aromatic carbocycles. The molecule has 0 bridgehead atoms. The highest BCUT2D eigenvalue weighted by molar-refractivity contribution is 6.04. The first-order valence-electron chi connectivity index (χ1n) is 11.3. The smallest absolute Gasteiger partial charge is 0.273 e. The summed E-state index contributed by atoms with van der Waals surface area (Å²) in [4.78, 5) is 19.7. The van der Waals surface area contributed by atoms with Gasteiger partial charge in [-0.3, -0.25) is 14.6 Å². The number of rotatable bonds is 8. The molecule has 33 heavy (non-hydrogen) atoms. The Morgan fingerprint density at radius 1 is 1.18 bits per heavy atom. The summed E-state index contributed by atoms with van der Waals surface area (Å²) >= 11 is 0. The lowest BCUT2D eigenvalue weighted by Crippen LogP contribution is -2.15. The number of benzene rings is 1. The van der Waals surface area contributed by atoms with E-state index in [2.05, 4.69) is 51.1 Å². The van der Waals surface area contributed by atoms with Gasteiger partial charge in [0.1, 0.15) is 11.5 Å². The average Bonchev–Trinajstić information content (AvgIpc) is 3.43. The molecule has 0 fully saturated rings. The molecule has 4 aromatic rings. The fraction of sp³-hybridized carbons (Fsp3) is 0.417. The number of aryl methyl sites for hydroxylation is 4. The lowest BCUT2D eigenvalue weighted by molar-refractivity contribution is 0.102. The topological polar surface area (TPSA) is 96.7 Å². The second kappa shape index (κ2) is 9.19. The predicted molar refractivity (Wildman–Crippen MR) is 131 cm³/mol. The normalized spacial score (nSPS) is 11.6. The van der Waals surface area contributed by atoms with Gasteiger partial charge in [-0.25, -0.2) is 4.98 Å². The fourth-order valence-electron chi connectivity index (χ4n) is 4.30. The molecule has 9 heteroatoms. The van der Waals surface area contributed by atoms with Crippen LogP contribution in [0, 0.1) is 20.8 Å². The third-order valence-corrected chi connectivity index (χ3v) is 5.94. The van der Waals surface area contributed by atoms with Crippen LogP contribution in [0.25, 0.3) is 22.3 Å². The molecule has 3 heterocycles. The van der Waals surface area contributed by atoms with Gasteiger partial charge in [-0.2, -0.15) is 10.2 Å². The van der Waals surface area contributed by atoms with Gasteiger partial charge in [0, 0.05) is 30.0 Å². The zero-order valence-corrected chi connectivity index (χ0v) is 20.2. The number of hydrogen-bond acceptors (Lipinski definition) is 5. The first-order valence-corrected chi connectivity index (χ1v) is 11.3. The first-order chi connectivity index (χ1) is 15.8. The molecule has 1 amide bonds. The Morgan fingerprint density at radius 3 is 2.67 bits per heavy atom. The molecular formula is C24H32N8O. The number of amides is 1. The SMILES string of the molecule is CCn1nc(C)c(-c2cc(C(=O)Nc3ccc4c(c3)nc(C)n4CCCN(C)C)[nH]n2)c1C. The van der Waals surface area contributed by atoms with Crippen LogP contribution in [0.1, 0.15) is 41.0 Å². The van der Waals surface area contributed by atoms with E-state index in [1.807, 2.05) is 43.7 Å². The number of aromatic amines is 1. The molecule has 0 saturated heterocycles. The quantitative estimate of drug-likeness (QED) is 0.428. The van der Waals surface area contributed by atoms with Gasteiger partial charge >= 0.3 is 0 Å². The van der Waals surface area contributed by atoms with Crippen LogP contribution in [0.3, 0.4) is 0 Å². The Kier molecular flexibility index (Phi) is 6.33. The number of nitrogens with zero attached hydrogens (tertiary/aromatic N) is 6. The molecule has 0 aliphatic heterocycles. The number of hydrogen-bond donors (Lipinski definition) is 2. The van der Waals surface area contributed by atoms with Gasteiger partial charge in [-0.05, 0) is 79.0 Å². The molecule has 0 spiro atoms. The minimum absolute atomic E-state index is 0.242. The van der Waals surface area contributed by atoms with Gasteiger partial charge in [0.05, 0.1) is 22.4 Å². The van der Waals surface area contributed by atoms with Crippen LogP contribution in [-0.2, 0) is 13.1 Å². The first kappa shape index (κ1) is 22.7. The lowest BCUT2D eigenvalue weighted by atomic mass is 10.1. The summed E-state index contributed by atoms with van der Waals surface area (Å²) in [5, 5.41) is 14.7. The van der Waals surface area contributed by atoms with Gasteiger partial charge in [0.2, 0.25) is 0 Å². The van der Waals surface area contributed by atoms with Crippen LogP contribution < -0.4 is 5.32 Å². The van der Waals surface area contributed by atoms with Gasteiger partial charge < -0.3 is 14.8 Å². The van der Waals surface area contributed by atoms with Crippen molar-refractivity contribution < 1.29 is 4.79 Å². The minimum atomic E-state index is -0.242. The third kappa shape index (κ3) is 4.54. The van der Waals surface area contributed by atoms with E-state index < -0.39 is 0 Å². The van der Waals surface area contributed by atoms with Crippen LogP contribution in [0.15, 0.2) is 24.3 Å². The van der Waals surface area contributed by atoms with E-state index in [0.29, 0.717) is 11.4 Å². The monoisotopic (exact) mass is 448 g/mol. The second-order valence-electron chi connectivity index (χ2n) is 8.65. The van der Waals surface area contributed by atoms with Crippen molar-refractivity contribution in [2.45, 2.75) is 47.2 Å². The Morgan fingerprint density at radius 2 is 1.97 bits per heavy atom. The van der Waals surface area contributed by atoms with Crippen molar-refractivity contribution in [3.8, 4) is 11.3 Å². The Balaban J connectivity index is 1.51. The standard InChI is InChI=1S/C24H32N8O/c1-7-32-16(3)23(15(2)29-32)20-14-21(28-27-20)24(33)26-18-9-10-22-19(13-18)25-17(4)31(22)12-8-11-30(5)6/h9-10,13-14H,7-8,11-12H2,1-6H3,(H,26,33)(H,27,28). The van der Waals surface area contributed by atoms with Crippen LogP contribution in [0.4, 0.5) is 5.69 Å². The second-order valence-corrected chi connectivity index (χ2v) is 8.65. The third-order valence-electron chi connectivity index (χ3n) is 5.94. The molecule has 4 rings (SSSR count). The Labute approximate surface area is 193 Å². The van der Waals surface area contributed by atoms with Crippen LogP contribution >= 0.6 is 0 Å². The van der Waals surface area contributed by atoms with Gasteiger partial charge in [-0.15, -0.1) is 0 Å². The molecule has 0 unspecified atom stereocenters. The van der Waals surface area contributed by atoms with Crippen molar-refractivity contribution in [3.63, 3.8) is 0 Å². The maximum atomic E-state index is 12.9. The van der Waals surface area contributed by atoms with E-state index in [4.69, 9.17) is 4.98 Å². The maximum Gasteiger partial charge on any atom is 0.273 e. The zero-order chi connectivity index (χ0) is 23.7. The van der Waals surface area contributed by atoms with E-state index in [1.54, 1.807) is 6.07 Å². The van der Waals surface area contributed by atoms with Crippen LogP contribution in [-0.4, -0.2) is 61.0 Å². The molecule has 174 valence electrons. The highest BCUT2D eigenvalue weighted by Gasteiger charge is 2.18. The highest BCUT2D eigenvalue weighted by atomic mass is 16.1. The molecule has 0 aliphatic rings. The van der Waals surface area contributed by atoms with Crippen molar-refractivity contribution in [3.05, 3.63) is 47.2 Å². The molecule has 0 saturated carbocycles. The number of imidazole rings is 1. The number of nitrogens with one attached hydrogen (secondary N) is 2. The van der Waals surface area contributed by atoms with E-state index in [1.165, 1.54) is 0 Å². The number of anilines is 1. The van der Waals surface area contributed by atoms with Crippen molar-refractivity contribution in [2.24, 2.45) is 0 Å². The largest absolute Gasteiger partial charge is 0.328 e. The van der Waals surface area contributed by atoms with Crippen molar-refractivity contribution in [2.75, 3.05) is 26.0 Å². The number of H-pyrrole nitrogens is 1. The summed E-state index contributed by atoms with van der Waals surface area (Å²) < 4.78 is 4.17. The van der Waals surface area contributed by atoms with Crippen LogP contribution in [0.2, 0.25) is 0 Å². The zero-order valence-electron chi connectivity index (χ0n) is 20.2. The number of carbonyl (C=O) groups is 1. The van der Waals surface area contributed by atoms with Crippen molar-refractivity contribution in [1.82, 2.24) is 34.4 Å². The molecule has 0 aliphatic carbocycles. The molecular weight excluding hydrogens is 416 g/mol. The Hall–Kier alpha value is -3.46. The van der Waals surface area contributed by atoms with Crippen molar-refractivity contribution >= 4 is 22.6 Å².